The predicted octanol–water partition coefficient (Wildman–Crippen LogP) is 4.25. The molecule has 0 aliphatic rings. The van der Waals surface area contributed by atoms with E-state index in [9.17, 15) is 4.79 Å². The molecule has 1 aromatic carbocycles. The van der Waals surface area contributed by atoms with Gasteiger partial charge in [-0.3, -0.25) is 4.79 Å². The van der Waals surface area contributed by atoms with E-state index in [1.165, 1.54) is 16.9 Å². The number of benzene rings is 1. The van der Waals surface area contributed by atoms with Crippen molar-refractivity contribution in [2.45, 2.75) is 26.3 Å². The zero-order chi connectivity index (χ0) is 15.2. The highest BCUT2D eigenvalue weighted by atomic mass is 35.5. The standard InChI is InChI=1S/C16H19ClN2OS/c1-3-18-16(20)8-12-4-6-14(7-5-12)19-11(2)13-9-15(17)21-10-13/h4-7,9-11,19H,3,8H2,1-2H3,(H,18,20). The van der Waals surface area contributed by atoms with Crippen LogP contribution in [0.3, 0.4) is 0 Å². The summed E-state index contributed by atoms with van der Waals surface area (Å²) in [6, 6.07) is 10.1. The quantitative estimate of drug-likeness (QED) is 0.834. The van der Waals surface area contributed by atoms with Crippen LogP contribution < -0.4 is 10.6 Å². The van der Waals surface area contributed by atoms with E-state index in [2.05, 4.69) is 22.9 Å². The number of halogens is 1. The van der Waals surface area contributed by atoms with Gasteiger partial charge in [-0.25, -0.2) is 0 Å². The molecule has 2 aromatic rings. The zero-order valence-corrected chi connectivity index (χ0v) is 13.7. The van der Waals surface area contributed by atoms with E-state index in [4.69, 9.17) is 11.6 Å². The molecule has 0 fully saturated rings. The first-order valence-electron chi connectivity index (χ1n) is 6.94. The topological polar surface area (TPSA) is 41.1 Å². The first-order chi connectivity index (χ1) is 10.1. The molecule has 2 rings (SSSR count). The summed E-state index contributed by atoms with van der Waals surface area (Å²) >= 11 is 7.49. The molecular formula is C16H19ClN2OS. The number of likely N-dealkylation sites (N-methyl/N-ethyl adjacent to an activating group) is 1. The second kappa shape index (κ2) is 7.48. The SMILES string of the molecule is CCNC(=O)Cc1ccc(NC(C)c2csc(Cl)c2)cc1. The molecule has 112 valence electrons. The molecule has 0 saturated heterocycles. The minimum atomic E-state index is 0.0551. The monoisotopic (exact) mass is 322 g/mol. The lowest BCUT2D eigenvalue weighted by atomic mass is 10.1. The molecule has 0 saturated carbocycles. The third-order valence-corrected chi connectivity index (χ3v) is 4.27. The van der Waals surface area contributed by atoms with Crippen molar-refractivity contribution in [3.8, 4) is 0 Å². The number of carbonyl (C=O) groups is 1. The Balaban J connectivity index is 1.94. The predicted molar refractivity (Wildman–Crippen MR) is 90.2 cm³/mol. The smallest absolute Gasteiger partial charge is 0.224 e. The van der Waals surface area contributed by atoms with Crippen LogP contribution in [0.1, 0.15) is 31.0 Å². The minimum absolute atomic E-state index is 0.0551. The van der Waals surface area contributed by atoms with Crippen molar-refractivity contribution in [3.63, 3.8) is 0 Å². The van der Waals surface area contributed by atoms with Gasteiger partial charge in [0.05, 0.1) is 10.8 Å². The maximum Gasteiger partial charge on any atom is 0.224 e. The third-order valence-electron chi connectivity index (χ3n) is 3.16. The lowest BCUT2D eigenvalue weighted by molar-refractivity contribution is -0.120. The van der Waals surface area contributed by atoms with Crippen LogP contribution in [0.15, 0.2) is 35.7 Å². The number of rotatable bonds is 6. The highest BCUT2D eigenvalue weighted by molar-refractivity contribution is 7.14. The van der Waals surface area contributed by atoms with Crippen LogP contribution in [0.25, 0.3) is 0 Å². The van der Waals surface area contributed by atoms with Crippen molar-refractivity contribution in [2.75, 3.05) is 11.9 Å². The van der Waals surface area contributed by atoms with Gasteiger partial charge in [-0.05, 0) is 48.6 Å². The second-order valence-electron chi connectivity index (χ2n) is 4.88. The Bertz CT molecular complexity index is 595. The second-order valence-corrected chi connectivity index (χ2v) is 6.42. The maximum atomic E-state index is 11.5. The molecule has 0 radical (unpaired) electrons. The van der Waals surface area contributed by atoms with Gasteiger partial charge in [-0.2, -0.15) is 0 Å². The molecule has 0 bridgehead atoms. The molecule has 3 nitrogen and oxygen atoms in total. The highest BCUT2D eigenvalue weighted by Crippen LogP contribution is 2.27. The highest BCUT2D eigenvalue weighted by Gasteiger charge is 2.08. The Kier molecular flexibility index (Phi) is 5.65. The first kappa shape index (κ1) is 15.9. The van der Waals surface area contributed by atoms with Gasteiger partial charge < -0.3 is 10.6 Å². The lowest BCUT2D eigenvalue weighted by Crippen LogP contribution is -2.24. The number of thiophene rings is 1. The van der Waals surface area contributed by atoms with E-state index in [0.717, 1.165) is 15.6 Å². The molecule has 21 heavy (non-hydrogen) atoms. The summed E-state index contributed by atoms with van der Waals surface area (Å²) in [7, 11) is 0. The van der Waals surface area contributed by atoms with E-state index < -0.39 is 0 Å². The molecule has 5 heteroatoms. The van der Waals surface area contributed by atoms with Crippen LogP contribution >= 0.6 is 22.9 Å². The van der Waals surface area contributed by atoms with Gasteiger partial charge in [0.25, 0.3) is 0 Å². The molecule has 0 spiro atoms. The van der Waals surface area contributed by atoms with Crippen molar-refractivity contribution in [1.82, 2.24) is 5.32 Å². The number of carbonyl (C=O) groups excluding carboxylic acids is 1. The zero-order valence-electron chi connectivity index (χ0n) is 12.2. The molecule has 0 aliphatic heterocycles. The molecule has 1 unspecified atom stereocenters. The molecule has 1 aromatic heterocycles. The minimum Gasteiger partial charge on any atom is -0.378 e. The van der Waals surface area contributed by atoms with Gasteiger partial charge in [0.1, 0.15) is 0 Å². The summed E-state index contributed by atoms with van der Waals surface area (Å²) in [5, 5.41) is 8.28. The number of hydrogen-bond donors (Lipinski definition) is 2. The average Bonchev–Trinajstić information content (AvgIpc) is 2.88. The van der Waals surface area contributed by atoms with Crippen LogP contribution in [0, 0.1) is 0 Å². The van der Waals surface area contributed by atoms with E-state index in [1.54, 1.807) is 0 Å². The number of amides is 1. The average molecular weight is 323 g/mol. The van der Waals surface area contributed by atoms with Crippen molar-refractivity contribution < 1.29 is 4.79 Å². The molecule has 2 N–H and O–H groups in total. The fourth-order valence-corrected chi connectivity index (χ4v) is 3.03. The molecule has 1 amide bonds. The van der Waals surface area contributed by atoms with Crippen molar-refractivity contribution in [1.29, 1.82) is 0 Å². The number of hydrogen-bond acceptors (Lipinski definition) is 3. The lowest BCUT2D eigenvalue weighted by Gasteiger charge is -2.14. The summed E-state index contributed by atoms with van der Waals surface area (Å²) in [4.78, 5) is 11.5. The first-order valence-corrected chi connectivity index (χ1v) is 8.20. The van der Waals surface area contributed by atoms with Gasteiger partial charge in [-0.15, -0.1) is 11.3 Å². The van der Waals surface area contributed by atoms with Crippen molar-refractivity contribution in [2.24, 2.45) is 0 Å². The van der Waals surface area contributed by atoms with Gasteiger partial charge in [0.15, 0.2) is 0 Å². The Morgan fingerprint density at radius 2 is 2.05 bits per heavy atom. The van der Waals surface area contributed by atoms with E-state index in [1.807, 2.05) is 37.3 Å². The fraction of sp³-hybridized carbons (Fsp3) is 0.312. The van der Waals surface area contributed by atoms with Crippen LogP contribution in [-0.4, -0.2) is 12.5 Å². The largest absolute Gasteiger partial charge is 0.378 e. The van der Waals surface area contributed by atoms with Crippen molar-refractivity contribution >= 4 is 34.5 Å². The Hall–Kier alpha value is -1.52. The van der Waals surface area contributed by atoms with Gasteiger partial charge >= 0.3 is 0 Å². The molecule has 1 atom stereocenters. The number of nitrogens with one attached hydrogen (secondary N) is 2. The Morgan fingerprint density at radius 3 is 2.62 bits per heavy atom. The Morgan fingerprint density at radius 1 is 1.33 bits per heavy atom. The van der Waals surface area contributed by atoms with Crippen molar-refractivity contribution in [3.05, 3.63) is 51.2 Å². The summed E-state index contributed by atoms with van der Waals surface area (Å²) in [6.45, 7) is 4.68. The maximum absolute atomic E-state index is 11.5. The summed E-state index contributed by atoms with van der Waals surface area (Å²) < 4.78 is 0.802. The van der Waals surface area contributed by atoms with Crippen LogP contribution in [-0.2, 0) is 11.2 Å². The van der Waals surface area contributed by atoms with Crippen LogP contribution in [0.4, 0.5) is 5.69 Å². The summed E-state index contributed by atoms with van der Waals surface area (Å²) in [5.41, 5.74) is 3.22. The fourth-order valence-electron chi connectivity index (χ4n) is 2.05. The summed E-state index contributed by atoms with van der Waals surface area (Å²) in [6.07, 6.45) is 0.420. The molecule has 1 heterocycles. The normalized spacial score (nSPS) is 12.0. The van der Waals surface area contributed by atoms with Crippen LogP contribution in [0.5, 0.6) is 0 Å². The van der Waals surface area contributed by atoms with Gasteiger partial charge in [0.2, 0.25) is 5.91 Å². The van der Waals surface area contributed by atoms with Gasteiger partial charge in [0, 0.05) is 18.3 Å². The Labute approximate surface area is 134 Å². The van der Waals surface area contributed by atoms with Crippen LogP contribution in [0.2, 0.25) is 4.34 Å². The third kappa shape index (κ3) is 4.76. The molecular weight excluding hydrogens is 304 g/mol. The molecule has 0 aliphatic carbocycles. The summed E-state index contributed by atoms with van der Waals surface area (Å²) in [5.74, 6) is 0.0551. The van der Waals surface area contributed by atoms with E-state index in [-0.39, 0.29) is 11.9 Å². The van der Waals surface area contributed by atoms with E-state index >= 15 is 0 Å². The number of anilines is 1. The van der Waals surface area contributed by atoms with Gasteiger partial charge in [-0.1, -0.05) is 23.7 Å². The van der Waals surface area contributed by atoms with E-state index in [0.29, 0.717) is 13.0 Å².